The highest BCUT2D eigenvalue weighted by molar-refractivity contribution is 7.18. The molecule has 1 aliphatic heterocycles. The Morgan fingerprint density at radius 2 is 2.08 bits per heavy atom. The molecule has 0 atom stereocenters. The number of ether oxygens (including phenoxy) is 2. The van der Waals surface area contributed by atoms with Crippen LogP contribution in [0.3, 0.4) is 0 Å². The molecule has 0 amide bonds. The van der Waals surface area contributed by atoms with Crippen LogP contribution in [0.4, 0.5) is 5.13 Å². The standard InChI is InChI=1S/C17H15N3O2S2/c1-3-13(23-8-1)10-19-20-17-18-11-16(24-17)12-4-5-14-15(9-12)22-7-2-6-21-14/h1,3-5,8-11H,2,6-7H2,(H,18,20)/b19-10-. The van der Waals surface area contributed by atoms with Gasteiger partial charge in [0.25, 0.3) is 0 Å². The molecule has 0 saturated carbocycles. The van der Waals surface area contributed by atoms with Gasteiger partial charge in [-0.15, -0.1) is 11.3 Å². The summed E-state index contributed by atoms with van der Waals surface area (Å²) in [7, 11) is 0. The summed E-state index contributed by atoms with van der Waals surface area (Å²) in [5.41, 5.74) is 4.04. The van der Waals surface area contributed by atoms with E-state index in [4.69, 9.17) is 9.47 Å². The first kappa shape index (κ1) is 15.2. The monoisotopic (exact) mass is 357 g/mol. The van der Waals surface area contributed by atoms with Gasteiger partial charge in [0, 0.05) is 17.5 Å². The number of anilines is 1. The summed E-state index contributed by atoms with van der Waals surface area (Å²) in [5, 5.41) is 6.99. The summed E-state index contributed by atoms with van der Waals surface area (Å²) in [6.45, 7) is 1.38. The molecule has 122 valence electrons. The van der Waals surface area contributed by atoms with Gasteiger partial charge in [-0.05, 0) is 35.2 Å². The van der Waals surface area contributed by atoms with E-state index in [1.54, 1.807) is 28.9 Å². The van der Waals surface area contributed by atoms with Gasteiger partial charge in [0.05, 0.1) is 24.3 Å². The zero-order chi connectivity index (χ0) is 16.2. The predicted molar refractivity (Wildman–Crippen MR) is 98.7 cm³/mol. The molecule has 2 aromatic heterocycles. The number of rotatable bonds is 4. The van der Waals surface area contributed by atoms with Crippen LogP contribution in [0.1, 0.15) is 11.3 Å². The lowest BCUT2D eigenvalue weighted by atomic mass is 10.2. The molecule has 1 aliphatic rings. The number of aromatic nitrogens is 1. The molecule has 7 heteroatoms. The maximum absolute atomic E-state index is 5.74. The van der Waals surface area contributed by atoms with Crippen LogP contribution in [0, 0.1) is 0 Å². The molecule has 1 aromatic carbocycles. The van der Waals surface area contributed by atoms with Crippen LogP contribution in [0.25, 0.3) is 10.4 Å². The number of nitrogens with zero attached hydrogens (tertiary/aromatic N) is 2. The lowest BCUT2D eigenvalue weighted by Crippen LogP contribution is -1.97. The van der Waals surface area contributed by atoms with Crippen LogP contribution in [0.5, 0.6) is 11.5 Å². The van der Waals surface area contributed by atoms with E-state index in [-0.39, 0.29) is 0 Å². The van der Waals surface area contributed by atoms with E-state index in [1.807, 2.05) is 41.9 Å². The van der Waals surface area contributed by atoms with Crippen molar-refractivity contribution in [2.45, 2.75) is 6.42 Å². The number of benzene rings is 1. The van der Waals surface area contributed by atoms with Crippen LogP contribution in [-0.4, -0.2) is 24.4 Å². The minimum Gasteiger partial charge on any atom is -0.490 e. The third-order valence-corrected chi connectivity index (χ3v) is 5.19. The molecule has 0 spiro atoms. The summed E-state index contributed by atoms with van der Waals surface area (Å²) in [6.07, 6.45) is 4.53. The van der Waals surface area contributed by atoms with Crippen LogP contribution < -0.4 is 14.9 Å². The molecule has 0 fully saturated rings. The quantitative estimate of drug-likeness (QED) is 0.552. The minimum atomic E-state index is 0.684. The van der Waals surface area contributed by atoms with E-state index in [1.165, 1.54) is 0 Å². The van der Waals surface area contributed by atoms with E-state index in [2.05, 4.69) is 15.5 Å². The summed E-state index contributed by atoms with van der Waals surface area (Å²) in [6, 6.07) is 10.0. The summed E-state index contributed by atoms with van der Waals surface area (Å²) in [4.78, 5) is 6.52. The van der Waals surface area contributed by atoms with Crippen molar-refractivity contribution in [2.75, 3.05) is 18.6 Å². The molecule has 1 N–H and O–H groups in total. The second kappa shape index (κ2) is 7.02. The predicted octanol–water partition coefficient (Wildman–Crippen LogP) is 4.48. The van der Waals surface area contributed by atoms with Gasteiger partial charge in [-0.25, -0.2) is 4.98 Å². The van der Waals surface area contributed by atoms with Crippen molar-refractivity contribution in [2.24, 2.45) is 5.10 Å². The van der Waals surface area contributed by atoms with E-state index in [9.17, 15) is 0 Å². The Morgan fingerprint density at radius 3 is 2.96 bits per heavy atom. The zero-order valence-electron chi connectivity index (χ0n) is 12.8. The molecule has 0 unspecified atom stereocenters. The number of thiazole rings is 1. The highest BCUT2D eigenvalue weighted by atomic mass is 32.1. The van der Waals surface area contributed by atoms with Gasteiger partial charge in [-0.3, -0.25) is 5.43 Å². The average Bonchev–Trinajstić information content (AvgIpc) is 3.23. The fourth-order valence-corrected chi connectivity index (χ4v) is 3.64. The third kappa shape index (κ3) is 3.42. The molecule has 0 saturated heterocycles. The second-order valence-corrected chi connectivity index (χ2v) is 7.14. The van der Waals surface area contributed by atoms with Crippen molar-refractivity contribution in [3.8, 4) is 21.9 Å². The Balaban J connectivity index is 1.49. The normalized spacial score (nSPS) is 13.8. The number of thiophene rings is 1. The number of nitrogens with one attached hydrogen (secondary N) is 1. The fourth-order valence-electron chi connectivity index (χ4n) is 2.29. The first-order valence-corrected chi connectivity index (χ1v) is 9.26. The molecule has 0 bridgehead atoms. The third-order valence-electron chi connectivity index (χ3n) is 3.43. The number of hydrogen-bond donors (Lipinski definition) is 1. The zero-order valence-corrected chi connectivity index (χ0v) is 14.4. The Morgan fingerprint density at radius 1 is 1.17 bits per heavy atom. The molecule has 0 aliphatic carbocycles. The molecule has 4 rings (SSSR count). The van der Waals surface area contributed by atoms with Crippen LogP contribution in [0.2, 0.25) is 0 Å². The average molecular weight is 357 g/mol. The fraction of sp³-hybridized carbons (Fsp3) is 0.176. The maximum Gasteiger partial charge on any atom is 0.203 e. The second-order valence-electron chi connectivity index (χ2n) is 5.13. The smallest absolute Gasteiger partial charge is 0.203 e. The molecule has 5 nitrogen and oxygen atoms in total. The molecule has 24 heavy (non-hydrogen) atoms. The van der Waals surface area contributed by atoms with Gasteiger partial charge >= 0.3 is 0 Å². The molecule has 3 aromatic rings. The Labute approximate surface area is 147 Å². The van der Waals surface area contributed by atoms with Crippen molar-refractivity contribution in [1.82, 2.24) is 4.98 Å². The largest absolute Gasteiger partial charge is 0.490 e. The van der Waals surface area contributed by atoms with Gasteiger partial charge in [-0.1, -0.05) is 17.4 Å². The van der Waals surface area contributed by atoms with Crippen molar-refractivity contribution in [1.29, 1.82) is 0 Å². The lowest BCUT2D eigenvalue weighted by Gasteiger charge is -2.08. The van der Waals surface area contributed by atoms with Gasteiger partial charge in [0.1, 0.15) is 0 Å². The summed E-state index contributed by atoms with van der Waals surface area (Å²) >= 11 is 3.19. The first-order chi connectivity index (χ1) is 11.9. The molecule has 0 radical (unpaired) electrons. The molecular formula is C17H15N3O2S2. The van der Waals surface area contributed by atoms with Crippen LogP contribution in [-0.2, 0) is 0 Å². The van der Waals surface area contributed by atoms with E-state index < -0.39 is 0 Å². The van der Waals surface area contributed by atoms with E-state index in [0.29, 0.717) is 13.2 Å². The summed E-state index contributed by atoms with van der Waals surface area (Å²) in [5.74, 6) is 1.60. The Bertz CT molecular complexity index is 843. The molecule has 3 heterocycles. The SMILES string of the molecule is C(=N/Nc1ncc(-c2ccc3c(c2)OCCCO3)s1)/c1cccs1. The highest BCUT2D eigenvalue weighted by Crippen LogP contribution is 2.36. The van der Waals surface area contributed by atoms with Crippen molar-refractivity contribution >= 4 is 34.0 Å². The molecular weight excluding hydrogens is 342 g/mol. The first-order valence-electron chi connectivity index (χ1n) is 7.57. The Kier molecular flexibility index (Phi) is 4.44. The Hall–Kier alpha value is -2.38. The van der Waals surface area contributed by atoms with Gasteiger partial charge in [-0.2, -0.15) is 5.10 Å². The minimum absolute atomic E-state index is 0.684. The van der Waals surface area contributed by atoms with Crippen molar-refractivity contribution in [3.63, 3.8) is 0 Å². The van der Waals surface area contributed by atoms with Gasteiger partial charge in [0.2, 0.25) is 5.13 Å². The van der Waals surface area contributed by atoms with E-state index in [0.717, 1.165) is 38.4 Å². The topological polar surface area (TPSA) is 55.7 Å². The maximum atomic E-state index is 5.74. The highest BCUT2D eigenvalue weighted by Gasteiger charge is 2.12. The van der Waals surface area contributed by atoms with Crippen LogP contribution in [0.15, 0.2) is 47.0 Å². The van der Waals surface area contributed by atoms with E-state index >= 15 is 0 Å². The van der Waals surface area contributed by atoms with Crippen molar-refractivity contribution < 1.29 is 9.47 Å². The van der Waals surface area contributed by atoms with Gasteiger partial charge < -0.3 is 9.47 Å². The van der Waals surface area contributed by atoms with Crippen molar-refractivity contribution in [3.05, 3.63) is 46.8 Å². The summed E-state index contributed by atoms with van der Waals surface area (Å²) < 4.78 is 11.4. The van der Waals surface area contributed by atoms with Gasteiger partial charge in [0.15, 0.2) is 11.5 Å². The number of hydrazone groups is 1. The number of hydrogen-bond acceptors (Lipinski definition) is 7. The van der Waals surface area contributed by atoms with Crippen LogP contribution >= 0.6 is 22.7 Å². The number of fused-ring (bicyclic) bond motifs is 1. The lowest BCUT2D eigenvalue weighted by molar-refractivity contribution is 0.297.